The number of aryl methyl sites for hydroxylation is 1. The summed E-state index contributed by atoms with van der Waals surface area (Å²) >= 11 is 6.43. The van der Waals surface area contributed by atoms with Gasteiger partial charge in [0.15, 0.2) is 0 Å². The van der Waals surface area contributed by atoms with Gasteiger partial charge in [0, 0.05) is 6.04 Å². The molecular formula is C22H22ClFN4O2. The molecule has 30 heavy (non-hydrogen) atoms. The van der Waals surface area contributed by atoms with Gasteiger partial charge in [-0.2, -0.15) is 5.10 Å². The van der Waals surface area contributed by atoms with Gasteiger partial charge >= 0.3 is 0 Å². The van der Waals surface area contributed by atoms with Crippen molar-refractivity contribution in [3.05, 3.63) is 81.9 Å². The highest BCUT2D eigenvalue weighted by Gasteiger charge is 2.22. The minimum Gasteiger partial charge on any atom is -0.350 e. The second-order valence-corrected chi connectivity index (χ2v) is 7.52. The molecule has 2 N–H and O–H groups in total. The Bertz CT molecular complexity index is 1080. The standard InChI is InChI=1S/C22H22ClFN4O2/c1-13(2)25-21(29)17-6-4-5-7-18(17)26-22(30)19-14(3)27-28(20(19)23)12-15-8-10-16(24)11-9-15/h4-11,13H,12H2,1-3H3,(H,25,29)(H,26,30). The highest BCUT2D eigenvalue weighted by Crippen LogP contribution is 2.24. The molecule has 3 rings (SSSR count). The summed E-state index contributed by atoms with van der Waals surface area (Å²) in [6.45, 7) is 5.69. The van der Waals surface area contributed by atoms with E-state index in [0.29, 0.717) is 23.5 Å². The molecule has 0 aliphatic heterocycles. The van der Waals surface area contributed by atoms with Crippen LogP contribution < -0.4 is 10.6 Å². The number of para-hydroxylation sites is 1. The van der Waals surface area contributed by atoms with Crippen LogP contribution in [0.5, 0.6) is 0 Å². The van der Waals surface area contributed by atoms with E-state index in [1.54, 1.807) is 43.3 Å². The second-order valence-electron chi connectivity index (χ2n) is 7.16. The van der Waals surface area contributed by atoms with Crippen LogP contribution in [0.1, 0.15) is 45.8 Å². The summed E-state index contributed by atoms with van der Waals surface area (Å²) in [4.78, 5) is 25.4. The average Bonchev–Trinajstić information content (AvgIpc) is 2.96. The fourth-order valence-corrected chi connectivity index (χ4v) is 3.31. The number of halogens is 2. The molecule has 1 heterocycles. The van der Waals surface area contributed by atoms with Crippen LogP contribution in [-0.4, -0.2) is 27.6 Å². The molecule has 2 amide bonds. The smallest absolute Gasteiger partial charge is 0.260 e. The van der Waals surface area contributed by atoms with Gasteiger partial charge in [0.2, 0.25) is 0 Å². The quantitative estimate of drug-likeness (QED) is 0.610. The molecule has 0 spiro atoms. The molecule has 1 aromatic heterocycles. The van der Waals surface area contributed by atoms with Crippen molar-refractivity contribution in [2.24, 2.45) is 0 Å². The Balaban J connectivity index is 1.84. The molecule has 0 radical (unpaired) electrons. The maximum Gasteiger partial charge on any atom is 0.260 e. The first kappa shape index (κ1) is 21.5. The summed E-state index contributed by atoms with van der Waals surface area (Å²) in [5, 5.41) is 10.1. The molecule has 0 fully saturated rings. The van der Waals surface area contributed by atoms with E-state index in [-0.39, 0.29) is 28.5 Å². The van der Waals surface area contributed by atoms with E-state index in [4.69, 9.17) is 11.6 Å². The Kier molecular flexibility index (Phi) is 6.52. The van der Waals surface area contributed by atoms with Gasteiger partial charge < -0.3 is 10.6 Å². The summed E-state index contributed by atoms with van der Waals surface area (Å²) in [7, 11) is 0. The van der Waals surface area contributed by atoms with E-state index >= 15 is 0 Å². The number of carbonyl (C=O) groups excluding carboxylic acids is 2. The average molecular weight is 429 g/mol. The lowest BCUT2D eigenvalue weighted by Crippen LogP contribution is -2.31. The third-order valence-electron chi connectivity index (χ3n) is 4.38. The van der Waals surface area contributed by atoms with Gasteiger partial charge in [-0.25, -0.2) is 9.07 Å². The van der Waals surface area contributed by atoms with Crippen LogP contribution in [0.4, 0.5) is 10.1 Å². The fourth-order valence-electron chi connectivity index (χ4n) is 2.99. The fraction of sp³-hybridized carbons (Fsp3) is 0.227. The Labute approximate surface area is 179 Å². The van der Waals surface area contributed by atoms with Crippen molar-refractivity contribution in [1.29, 1.82) is 0 Å². The van der Waals surface area contributed by atoms with Crippen LogP contribution in [0, 0.1) is 12.7 Å². The second kappa shape index (κ2) is 9.09. The van der Waals surface area contributed by atoms with Gasteiger partial charge in [-0.05, 0) is 50.6 Å². The minimum absolute atomic E-state index is 0.0392. The van der Waals surface area contributed by atoms with E-state index in [1.165, 1.54) is 16.8 Å². The highest BCUT2D eigenvalue weighted by molar-refractivity contribution is 6.33. The first-order chi connectivity index (χ1) is 14.3. The molecule has 0 saturated heterocycles. The van der Waals surface area contributed by atoms with Crippen LogP contribution in [0.2, 0.25) is 5.15 Å². The van der Waals surface area contributed by atoms with E-state index in [9.17, 15) is 14.0 Å². The molecule has 6 nitrogen and oxygen atoms in total. The van der Waals surface area contributed by atoms with Gasteiger partial charge in [0.25, 0.3) is 11.8 Å². The lowest BCUT2D eigenvalue weighted by atomic mass is 10.1. The van der Waals surface area contributed by atoms with Gasteiger partial charge in [0.05, 0.1) is 29.1 Å². The maximum absolute atomic E-state index is 13.1. The monoisotopic (exact) mass is 428 g/mol. The number of rotatable bonds is 6. The maximum atomic E-state index is 13.1. The Morgan fingerprint density at radius 3 is 2.43 bits per heavy atom. The zero-order valence-electron chi connectivity index (χ0n) is 16.9. The van der Waals surface area contributed by atoms with Crippen LogP contribution in [0.15, 0.2) is 48.5 Å². The van der Waals surface area contributed by atoms with Crippen LogP contribution in [0.3, 0.4) is 0 Å². The van der Waals surface area contributed by atoms with Crippen LogP contribution in [-0.2, 0) is 6.54 Å². The molecule has 3 aromatic rings. The highest BCUT2D eigenvalue weighted by atomic mass is 35.5. The molecular weight excluding hydrogens is 407 g/mol. The SMILES string of the molecule is Cc1nn(Cc2ccc(F)cc2)c(Cl)c1C(=O)Nc1ccccc1C(=O)NC(C)C. The Morgan fingerprint density at radius 2 is 1.77 bits per heavy atom. The summed E-state index contributed by atoms with van der Waals surface area (Å²) in [6.07, 6.45) is 0. The van der Waals surface area contributed by atoms with Gasteiger partial charge in [-0.1, -0.05) is 35.9 Å². The van der Waals surface area contributed by atoms with Gasteiger partial charge in [0.1, 0.15) is 11.0 Å². The zero-order valence-corrected chi connectivity index (χ0v) is 17.6. The van der Waals surface area contributed by atoms with Crippen molar-refractivity contribution in [1.82, 2.24) is 15.1 Å². The lowest BCUT2D eigenvalue weighted by molar-refractivity contribution is 0.0944. The molecule has 0 bridgehead atoms. The Hall–Kier alpha value is -3.19. The van der Waals surface area contributed by atoms with E-state index in [0.717, 1.165) is 5.56 Å². The van der Waals surface area contributed by atoms with Crippen molar-refractivity contribution in [2.75, 3.05) is 5.32 Å². The third-order valence-corrected chi connectivity index (χ3v) is 4.76. The molecule has 0 aliphatic carbocycles. The van der Waals surface area contributed by atoms with Crippen molar-refractivity contribution in [3.8, 4) is 0 Å². The first-order valence-corrected chi connectivity index (χ1v) is 9.82. The largest absolute Gasteiger partial charge is 0.350 e. The number of carbonyl (C=O) groups is 2. The number of benzene rings is 2. The lowest BCUT2D eigenvalue weighted by Gasteiger charge is -2.13. The topological polar surface area (TPSA) is 76.0 Å². The summed E-state index contributed by atoms with van der Waals surface area (Å²) in [5.74, 6) is -1.08. The normalized spacial score (nSPS) is 10.9. The number of hydrogen-bond donors (Lipinski definition) is 2. The van der Waals surface area contributed by atoms with E-state index in [1.807, 2.05) is 13.8 Å². The molecule has 0 aliphatic rings. The zero-order chi connectivity index (χ0) is 21.8. The predicted octanol–water partition coefficient (Wildman–Crippen LogP) is 4.42. The summed E-state index contributed by atoms with van der Waals surface area (Å²) < 4.78 is 14.6. The minimum atomic E-state index is -0.465. The Morgan fingerprint density at radius 1 is 1.10 bits per heavy atom. The third kappa shape index (κ3) is 4.86. The molecule has 156 valence electrons. The predicted molar refractivity (Wildman–Crippen MR) is 114 cm³/mol. The molecule has 8 heteroatoms. The van der Waals surface area contributed by atoms with Gasteiger partial charge in [-0.3, -0.25) is 9.59 Å². The number of anilines is 1. The molecule has 0 saturated carbocycles. The van der Waals surface area contributed by atoms with Crippen molar-refractivity contribution < 1.29 is 14.0 Å². The molecule has 0 atom stereocenters. The van der Waals surface area contributed by atoms with Crippen LogP contribution >= 0.6 is 11.6 Å². The van der Waals surface area contributed by atoms with E-state index < -0.39 is 5.91 Å². The number of aromatic nitrogens is 2. The number of nitrogens with one attached hydrogen (secondary N) is 2. The van der Waals surface area contributed by atoms with Gasteiger partial charge in [-0.15, -0.1) is 0 Å². The molecule has 0 unspecified atom stereocenters. The number of nitrogens with zero attached hydrogens (tertiary/aromatic N) is 2. The summed E-state index contributed by atoms with van der Waals surface area (Å²) in [5.41, 5.74) is 2.19. The number of amides is 2. The molecule has 2 aromatic carbocycles. The van der Waals surface area contributed by atoms with Crippen molar-refractivity contribution in [2.45, 2.75) is 33.4 Å². The number of hydrogen-bond acceptors (Lipinski definition) is 3. The van der Waals surface area contributed by atoms with Crippen LogP contribution in [0.25, 0.3) is 0 Å². The van der Waals surface area contributed by atoms with E-state index in [2.05, 4.69) is 15.7 Å². The summed E-state index contributed by atoms with van der Waals surface area (Å²) in [6, 6.07) is 12.7. The van der Waals surface area contributed by atoms with Crippen molar-refractivity contribution in [3.63, 3.8) is 0 Å². The van der Waals surface area contributed by atoms with Crippen molar-refractivity contribution >= 4 is 29.1 Å². The first-order valence-electron chi connectivity index (χ1n) is 9.45.